The standard InChI is InChI=1S/C16H21N3.HI/c1-3-10-18-16(17-2)19-12-13-8-9-14-6-4-5-7-15(14)11-13;/h4-9,11H,3,10,12H2,1-2H3,(H2,17,18,19);1H. The van der Waals surface area contributed by atoms with Gasteiger partial charge in [-0.15, -0.1) is 24.0 Å². The molecule has 0 radical (unpaired) electrons. The van der Waals surface area contributed by atoms with Gasteiger partial charge in [-0.05, 0) is 28.8 Å². The van der Waals surface area contributed by atoms with Crippen LogP contribution < -0.4 is 10.6 Å². The van der Waals surface area contributed by atoms with Crippen LogP contribution in [0.3, 0.4) is 0 Å². The highest BCUT2D eigenvalue weighted by Crippen LogP contribution is 2.15. The molecule has 0 saturated heterocycles. The number of fused-ring (bicyclic) bond motifs is 1. The van der Waals surface area contributed by atoms with E-state index in [0.29, 0.717) is 0 Å². The molecule has 2 N–H and O–H groups in total. The Bertz CT molecular complexity index is 566. The quantitative estimate of drug-likeness (QED) is 0.482. The number of guanidine groups is 1. The van der Waals surface area contributed by atoms with E-state index in [1.54, 1.807) is 7.05 Å². The Kier molecular flexibility index (Phi) is 7.36. The largest absolute Gasteiger partial charge is 0.356 e. The highest BCUT2D eigenvalue weighted by molar-refractivity contribution is 14.0. The zero-order valence-corrected chi connectivity index (χ0v) is 14.3. The first-order chi connectivity index (χ1) is 9.33. The Hall–Kier alpha value is -1.30. The van der Waals surface area contributed by atoms with E-state index in [2.05, 4.69) is 65.0 Å². The van der Waals surface area contributed by atoms with Crippen LogP contribution in [-0.4, -0.2) is 19.6 Å². The minimum Gasteiger partial charge on any atom is -0.356 e. The van der Waals surface area contributed by atoms with Gasteiger partial charge < -0.3 is 10.6 Å². The summed E-state index contributed by atoms with van der Waals surface area (Å²) < 4.78 is 0. The van der Waals surface area contributed by atoms with Crippen LogP contribution in [0.1, 0.15) is 18.9 Å². The average Bonchev–Trinajstić information content (AvgIpc) is 2.47. The minimum atomic E-state index is 0. The van der Waals surface area contributed by atoms with Crippen molar-refractivity contribution in [2.24, 2.45) is 4.99 Å². The lowest BCUT2D eigenvalue weighted by molar-refractivity contribution is 0.782. The lowest BCUT2D eigenvalue weighted by atomic mass is 10.1. The molecule has 2 rings (SSSR count). The molecule has 0 bridgehead atoms. The zero-order valence-electron chi connectivity index (χ0n) is 12.0. The van der Waals surface area contributed by atoms with Crippen molar-refractivity contribution in [2.45, 2.75) is 19.9 Å². The molecular weight excluding hydrogens is 361 g/mol. The van der Waals surface area contributed by atoms with Crippen molar-refractivity contribution in [1.29, 1.82) is 0 Å². The summed E-state index contributed by atoms with van der Waals surface area (Å²) in [6.07, 6.45) is 1.09. The van der Waals surface area contributed by atoms with E-state index in [9.17, 15) is 0 Å². The van der Waals surface area contributed by atoms with Crippen molar-refractivity contribution in [3.05, 3.63) is 48.0 Å². The van der Waals surface area contributed by atoms with Crippen LogP contribution in [0, 0.1) is 0 Å². The lowest BCUT2D eigenvalue weighted by Gasteiger charge is -2.11. The summed E-state index contributed by atoms with van der Waals surface area (Å²) in [5.41, 5.74) is 1.26. The van der Waals surface area contributed by atoms with Gasteiger partial charge in [0.25, 0.3) is 0 Å². The number of nitrogens with one attached hydrogen (secondary N) is 2. The topological polar surface area (TPSA) is 36.4 Å². The predicted octanol–water partition coefficient (Wildman–Crippen LogP) is 3.53. The van der Waals surface area contributed by atoms with Crippen molar-refractivity contribution < 1.29 is 0 Å². The van der Waals surface area contributed by atoms with Crippen LogP contribution in [-0.2, 0) is 6.54 Å². The van der Waals surface area contributed by atoms with Gasteiger partial charge in [0, 0.05) is 20.1 Å². The van der Waals surface area contributed by atoms with Gasteiger partial charge in [0.1, 0.15) is 0 Å². The summed E-state index contributed by atoms with van der Waals surface area (Å²) in [5.74, 6) is 0.856. The van der Waals surface area contributed by atoms with E-state index in [1.807, 2.05) is 0 Å². The number of hydrogen-bond donors (Lipinski definition) is 2. The predicted molar refractivity (Wildman–Crippen MR) is 97.9 cm³/mol. The van der Waals surface area contributed by atoms with Crippen LogP contribution in [0.5, 0.6) is 0 Å². The molecule has 0 aromatic heterocycles. The van der Waals surface area contributed by atoms with E-state index in [4.69, 9.17) is 0 Å². The maximum absolute atomic E-state index is 4.20. The average molecular weight is 383 g/mol. The van der Waals surface area contributed by atoms with E-state index in [0.717, 1.165) is 25.5 Å². The van der Waals surface area contributed by atoms with Crippen LogP contribution in [0.25, 0.3) is 10.8 Å². The number of rotatable bonds is 4. The normalized spacial score (nSPS) is 11.0. The maximum atomic E-state index is 4.20. The fourth-order valence-corrected chi connectivity index (χ4v) is 2.00. The molecule has 20 heavy (non-hydrogen) atoms. The van der Waals surface area contributed by atoms with E-state index >= 15 is 0 Å². The first kappa shape index (κ1) is 16.8. The Labute approximate surface area is 137 Å². The third kappa shape index (κ3) is 4.67. The zero-order chi connectivity index (χ0) is 13.5. The van der Waals surface area contributed by atoms with Gasteiger partial charge in [0.05, 0.1) is 0 Å². The molecule has 0 unspecified atom stereocenters. The Balaban J connectivity index is 0.00000200. The summed E-state index contributed by atoms with van der Waals surface area (Å²) in [6.45, 7) is 3.87. The van der Waals surface area contributed by atoms with Gasteiger partial charge in [-0.1, -0.05) is 43.3 Å². The minimum absolute atomic E-state index is 0. The van der Waals surface area contributed by atoms with E-state index < -0.39 is 0 Å². The molecule has 4 heteroatoms. The molecule has 0 aliphatic rings. The SMILES string of the molecule is CCCNC(=NC)NCc1ccc2ccccc2c1.I. The van der Waals surface area contributed by atoms with Gasteiger partial charge in [-0.2, -0.15) is 0 Å². The van der Waals surface area contributed by atoms with Gasteiger partial charge in [-0.25, -0.2) is 0 Å². The molecule has 108 valence electrons. The molecule has 0 heterocycles. The number of hydrogen-bond acceptors (Lipinski definition) is 1. The molecule has 2 aromatic rings. The maximum Gasteiger partial charge on any atom is 0.191 e. The van der Waals surface area contributed by atoms with E-state index in [1.165, 1.54) is 16.3 Å². The van der Waals surface area contributed by atoms with Gasteiger partial charge in [0.2, 0.25) is 0 Å². The Morgan fingerprint density at radius 2 is 1.80 bits per heavy atom. The summed E-state index contributed by atoms with van der Waals surface area (Å²) in [7, 11) is 1.80. The number of aliphatic imine (C=N–C) groups is 1. The number of halogens is 1. The molecule has 3 nitrogen and oxygen atoms in total. The highest BCUT2D eigenvalue weighted by atomic mass is 127. The van der Waals surface area contributed by atoms with Crippen LogP contribution in [0.4, 0.5) is 0 Å². The van der Waals surface area contributed by atoms with Crippen LogP contribution in [0.2, 0.25) is 0 Å². The van der Waals surface area contributed by atoms with Crippen molar-refractivity contribution in [2.75, 3.05) is 13.6 Å². The molecule has 0 aliphatic carbocycles. The van der Waals surface area contributed by atoms with Crippen LogP contribution in [0.15, 0.2) is 47.5 Å². The first-order valence-electron chi connectivity index (χ1n) is 6.75. The van der Waals surface area contributed by atoms with Crippen LogP contribution >= 0.6 is 24.0 Å². The summed E-state index contributed by atoms with van der Waals surface area (Å²) in [5, 5.41) is 9.14. The first-order valence-corrected chi connectivity index (χ1v) is 6.75. The van der Waals surface area contributed by atoms with Gasteiger partial charge >= 0.3 is 0 Å². The molecular formula is C16H22IN3. The van der Waals surface area contributed by atoms with Crippen molar-refractivity contribution in [1.82, 2.24) is 10.6 Å². The summed E-state index contributed by atoms with van der Waals surface area (Å²) in [4.78, 5) is 4.20. The Morgan fingerprint density at radius 3 is 2.50 bits per heavy atom. The molecule has 2 aromatic carbocycles. The molecule has 0 atom stereocenters. The summed E-state index contributed by atoms with van der Waals surface area (Å²) in [6, 6.07) is 14.9. The second-order valence-corrected chi connectivity index (χ2v) is 4.53. The molecule has 0 spiro atoms. The molecule has 0 amide bonds. The van der Waals surface area contributed by atoms with E-state index in [-0.39, 0.29) is 24.0 Å². The van der Waals surface area contributed by atoms with Crippen molar-refractivity contribution >= 4 is 40.7 Å². The second-order valence-electron chi connectivity index (χ2n) is 4.53. The molecule has 0 saturated carbocycles. The van der Waals surface area contributed by atoms with Gasteiger partial charge in [-0.3, -0.25) is 4.99 Å². The smallest absolute Gasteiger partial charge is 0.191 e. The second kappa shape index (κ2) is 8.79. The fraction of sp³-hybridized carbons (Fsp3) is 0.312. The molecule has 0 aliphatic heterocycles. The molecule has 0 fully saturated rings. The van der Waals surface area contributed by atoms with Gasteiger partial charge in [0.15, 0.2) is 5.96 Å². The monoisotopic (exact) mass is 383 g/mol. The third-order valence-electron chi connectivity index (χ3n) is 3.04. The highest BCUT2D eigenvalue weighted by Gasteiger charge is 1.98. The third-order valence-corrected chi connectivity index (χ3v) is 3.04. The lowest BCUT2D eigenvalue weighted by Crippen LogP contribution is -2.37. The fourth-order valence-electron chi connectivity index (χ4n) is 2.00. The van der Waals surface area contributed by atoms with Crippen molar-refractivity contribution in [3.8, 4) is 0 Å². The Morgan fingerprint density at radius 1 is 1.05 bits per heavy atom. The number of nitrogens with zero attached hydrogens (tertiary/aromatic N) is 1. The number of benzene rings is 2. The van der Waals surface area contributed by atoms with Crippen molar-refractivity contribution in [3.63, 3.8) is 0 Å². The summed E-state index contributed by atoms with van der Waals surface area (Å²) >= 11 is 0.